The minimum absolute atomic E-state index is 0.329. The number of amides is 4. The van der Waals surface area contributed by atoms with Crippen LogP contribution in [-0.2, 0) is 17.7 Å². The molecule has 0 aromatic heterocycles. The molecule has 0 aliphatic rings. The summed E-state index contributed by atoms with van der Waals surface area (Å²) < 4.78 is 23.1. The molecule has 0 atom stereocenters. The van der Waals surface area contributed by atoms with E-state index in [1.165, 1.54) is 19.6 Å². The van der Waals surface area contributed by atoms with E-state index in [4.69, 9.17) is 17.7 Å². The molecule has 0 aliphatic carbocycles. The van der Waals surface area contributed by atoms with Crippen molar-refractivity contribution in [2.45, 2.75) is 159 Å². The number of hydrogen-bond donors (Lipinski definition) is 0. The predicted octanol–water partition coefficient (Wildman–Crippen LogP) is 6.44. The highest BCUT2D eigenvalue weighted by atomic mass is 28.4. The van der Waals surface area contributed by atoms with Crippen molar-refractivity contribution in [1.29, 1.82) is 0 Å². The fourth-order valence-electron chi connectivity index (χ4n) is 4.84. The van der Waals surface area contributed by atoms with Crippen LogP contribution >= 0.6 is 0 Å². The molecular formula is C28H56N4O8Si. The van der Waals surface area contributed by atoms with Gasteiger partial charge in [-0.1, -0.05) is 0 Å². The molecule has 0 N–H and O–H groups in total. The van der Waals surface area contributed by atoms with Crippen molar-refractivity contribution in [3.63, 3.8) is 0 Å². The Kier molecular flexibility index (Phi) is 15.0. The third kappa shape index (κ3) is 10.9. The molecule has 0 saturated carbocycles. The topological polar surface area (TPSA) is 118 Å². The molecule has 0 aliphatic heterocycles. The lowest BCUT2D eigenvalue weighted by atomic mass is 10.2. The minimum atomic E-state index is -5.23. The number of nitrogens with zero attached hydrogens (tertiary/aromatic N) is 4. The standard InChI is InChI=1S/C28H56N4O8Si/c1-17(2)29(18(3)4)25(33)37-41(38-26(34)30(19(5)6)20(7)8,39-27(35)31(21(9)10)22(11)12)40-28(36)32(23(13)14)24(15)16/h17-24H,1-16H3. The van der Waals surface area contributed by atoms with Crippen molar-refractivity contribution in [3.05, 3.63) is 0 Å². The van der Waals surface area contributed by atoms with E-state index in [0.717, 1.165) is 0 Å². The first-order chi connectivity index (χ1) is 18.6. The van der Waals surface area contributed by atoms with E-state index in [1.807, 2.05) is 0 Å². The Balaban J connectivity index is 7.24. The molecule has 0 radical (unpaired) electrons. The van der Waals surface area contributed by atoms with Gasteiger partial charge in [-0.2, -0.15) is 0 Å². The van der Waals surface area contributed by atoms with Crippen molar-refractivity contribution >= 4 is 33.4 Å². The Morgan fingerprint density at radius 3 is 0.561 bits per heavy atom. The number of rotatable bonds is 12. The van der Waals surface area contributed by atoms with E-state index in [0.29, 0.717) is 0 Å². The highest BCUT2D eigenvalue weighted by Gasteiger charge is 2.66. The van der Waals surface area contributed by atoms with Gasteiger partial charge < -0.3 is 37.3 Å². The molecule has 0 spiro atoms. The van der Waals surface area contributed by atoms with Gasteiger partial charge in [0.15, 0.2) is 0 Å². The van der Waals surface area contributed by atoms with Gasteiger partial charge >= 0.3 is 33.4 Å². The van der Waals surface area contributed by atoms with Crippen molar-refractivity contribution < 1.29 is 36.9 Å². The average molecular weight is 605 g/mol. The summed E-state index contributed by atoms with van der Waals surface area (Å²) in [6.07, 6.45) is -3.79. The van der Waals surface area contributed by atoms with E-state index in [1.54, 1.807) is 111 Å². The Morgan fingerprint density at radius 1 is 0.341 bits per heavy atom. The summed E-state index contributed by atoms with van der Waals surface area (Å²) in [5.74, 6) is 0. The van der Waals surface area contributed by atoms with E-state index >= 15 is 0 Å². The molecule has 4 amide bonds. The number of carbonyl (C=O) groups excluding carboxylic acids is 4. The molecule has 0 heterocycles. The third-order valence-corrected chi connectivity index (χ3v) is 7.84. The van der Waals surface area contributed by atoms with Crippen LogP contribution in [0.1, 0.15) is 111 Å². The zero-order valence-corrected chi connectivity index (χ0v) is 29.2. The van der Waals surface area contributed by atoms with Gasteiger partial charge in [0.2, 0.25) is 0 Å². The van der Waals surface area contributed by atoms with Crippen molar-refractivity contribution in [1.82, 2.24) is 19.6 Å². The van der Waals surface area contributed by atoms with Gasteiger partial charge in [0.05, 0.1) is 0 Å². The normalized spacial score (nSPS) is 12.1. The van der Waals surface area contributed by atoms with Gasteiger partial charge in [0.1, 0.15) is 0 Å². The van der Waals surface area contributed by atoms with Gasteiger partial charge in [-0.3, -0.25) is 0 Å². The van der Waals surface area contributed by atoms with Gasteiger partial charge in [-0.15, -0.1) is 0 Å². The molecule has 0 rings (SSSR count). The quantitative estimate of drug-likeness (QED) is 0.233. The molecular weight excluding hydrogens is 548 g/mol. The predicted molar refractivity (Wildman–Crippen MR) is 160 cm³/mol. The smallest absolute Gasteiger partial charge is 0.405 e. The second-order valence-electron chi connectivity index (χ2n) is 12.4. The zero-order chi connectivity index (χ0) is 32.6. The van der Waals surface area contributed by atoms with Crippen LogP contribution in [-0.4, -0.2) is 101 Å². The Morgan fingerprint density at radius 2 is 0.463 bits per heavy atom. The van der Waals surface area contributed by atoms with Gasteiger partial charge in [-0.05, 0) is 111 Å². The summed E-state index contributed by atoms with van der Waals surface area (Å²) in [5, 5.41) is 0. The molecule has 0 aromatic rings. The molecule has 0 unspecified atom stereocenters. The van der Waals surface area contributed by atoms with Crippen LogP contribution in [0.2, 0.25) is 0 Å². The lowest BCUT2D eigenvalue weighted by Gasteiger charge is -2.38. The minimum Gasteiger partial charge on any atom is -0.405 e. The van der Waals surface area contributed by atoms with Gasteiger partial charge in [0, 0.05) is 48.3 Å². The van der Waals surface area contributed by atoms with E-state index < -0.39 is 33.4 Å². The van der Waals surface area contributed by atoms with E-state index in [2.05, 4.69) is 0 Å². The lowest BCUT2D eigenvalue weighted by Crippen LogP contribution is -2.62. The summed E-state index contributed by atoms with van der Waals surface area (Å²) >= 11 is 0. The van der Waals surface area contributed by atoms with Crippen LogP contribution in [0.4, 0.5) is 19.2 Å². The Labute approximate surface area is 249 Å². The van der Waals surface area contributed by atoms with E-state index in [-0.39, 0.29) is 48.3 Å². The molecule has 41 heavy (non-hydrogen) atoms. The zero-order valence-electron chi connectivity index (χ0n) is 28.2. The average Bonchev–Trinajstić information content (AvgIpc) is 2.70. The SMILES string of the molecule is CC(C)N(C(=O)O[Si](OC(=O)N(C(C)C)C(C)C)(OC(=O)N(C(C)C)C(C)C)OC(=O)N(C(C)C)C(C)C)C(C)C. The van der Waals surface area contributed by atoms with Crippen LogP contribution in [0, 0.1) is 0 Å². The maximum Gasteiger partial charge on any atom is 0.979 e. The van der Waals surface area contributed by atoms with Crippen LogP contribution in [0.3, 0.4) is 0 Å². The first-order valence-electron chi connectivity index (χ1n) is 14.6. The molecule has 0 bridgehead atoms. The summed E-state index contributed by atoms with van der Waals surface area (Å²) in [5.41, 5.74) is 0. The third-order valence-electron chi connectivity index (χ3n) is 6.14. The van der Waals surface area contributed by atoms with E-state index in [9.17, 15) is 19.2 Å². The summed E-state index contributed by atoms with van der Waals surface area (Å²) in [4.78, 5) is 60.0. The van der Waals surface area contributed by atoms with Gasteiger partial charge in [-0.25, -0.2) is 19.2 Å². The van der Waals surface area contributed by atoms with Crippen molar-refractivity contribution in [2.75, 3.05) is 0 Å². The molecule has 12 nitrogen and oxygen atoms in total. The molecule has 0 aromatic carbocycles. The van der Waals surface area contributed by atoms with Crippen LogP contribution in [0.25, 0.3) is 0 Å². The highest BCUT2D eigenvalue weighted by Crippen LogP contribution is 2.24. The number of hydrogen-bond acceptors (Lipinski definition) is 8. The molecule has 13 heteroatoms. The first kappa shape index (κ1) is 38.3. The summed E-state index contributed by atoms with van der Waals surface area (Å²) in [6.45, 7) is 28.5. The van der Waals surface area contributed by atoms with Crippen LogP contribution < -0.4 is 0 Å². The largest absolute Gasteiger partial charge is 0.979 e. The highest BCUT2D eigenvalue weighted by molar-refractivity contribution is 6.60. The maximum absolute atomic E-state index is 13.6. The Bertz CT molecular complexity index is 704. The molecule has 0 saturated heterocycles. The monoisotopic (exact) mass is 604 g/mol. The second kappa shape index (κ2) is 16.1. The second-order valence-corrected chi connectivity index (χ2v) is 14.2. The first-order valence-corrected chi connectivity index (χ1v) is 16.3. The summed E-state index contributed by atoms with van der Waals surface area (Å²) in [6, 6.07) is -2.63. The van der Waals surface area contributed by atoms with Crippen molar-refractivity contribution in [2.24, 2.45) is 0 Å². The molecule has 0 fully saturated rings. The Hall–Kier alpha value is -2.70. The van der Waals surface area contributed by atoms with Crippen molar-refractivity contribution in [3.8, 4) is 0 Å². The fourth-order valence-corrected chi connectivity index (χ4v) is 6.36. The lowest BCUT2D eigenvalue weighted by molar-refractivity contribution is -0.00125. The molecule has 240 valence electrons. The maximum atomic E-state index is 13.6. The summed E-state index contributed by atoms with van der Waals surface area (Å²) in [7, 11) is -5.23. The van der Waals surface area contributed by atoms with Gasteiger partial charge in [0.25, 0.3) is 0 Å². The number of carbonyl (C=O) groups is 4. The van der Waals surface area contributed by atoms with Crippen LogP contribution in [0.5, 0.6) is 0 Å². The van der Waals surface area contributed by atoms with Crippen LogP contribution in [0.15, 0.2) is 0 Å². The fraction of sp³-hybridized carbons (Fsp3) is 0.857.